The van der Waals surface area contributed by atoms with Crippen molar-refractivity contribution in [2.45, 2.75) is 13.8 Å². The van der Waals surface area contributed by atoms with Gasteiger partial charge in [-0.1, -0.05) is 16.8 Å². The summed E-state index contributed by atoms with van der Waals surface area (Å²) in [6.45, 7) is 3.70. The van der Waals surface area contributed by atoms with E-state index in [1.54, 1.807) is 13.2 Å². The standard InChI is InChI=1S/C13H12ClNO4/c1-6-8(4-9(14)7(2)12(6)18-3)10-5-11(13(16)17)19-15-10/h4-5H,1-3H3,(H,16,17). The Morgan fingerprint density at radius 1 is 1.37 bits per heavy atom. The number of ether oxygens (including phenoxy) is 1. The van der Waals surface area contributed by atoms with E-state index in [1.807, 2.05) is 13.8 Å². The van der Waals surface area contributed by atoms with Crippen molar-refractivity contribution in [2.24, 2.45) is 0 Å². The molecule has 5 nitrogen and oxygen atoms in total. The zero-order chi connectivity index (χ0) is 14.2. The van der Waals surface area contributed by atoms with Gasteiger partial charge in [0.15, 0.2) is 0 Å². The fourth-order valence-corrected chi connectivity index (χ4v) is 2.13. The lowest BCUT2D eigenvalue weighted by atomic mass is 10.0. The fourth-order valence-electron chi connectivity index (χ4n) is 1.93. The summed E-state index contributed by atoms with van der Waals surface area (Å²) in [5, 5.41) is 13.1. The average Bonchev–Trinajstić information content (AvgIpc) is 2.84. The highest BCUT2D eigenvalue weighted by Gasteiger charge is 2.18. The van der Waals surface area contributed by atoms with Crippen molar-refractivity contribution in [1.29, 1.82) is 0 Å². The van der Waals surface area contributed by atoms with Crippen LogP contribution in [0.5, 0.6) is 5.75 Å². The van der Waals surface area contributed by atoms with Crippen LogP contribution in [-0.4, -0.2) is 23.3 Å². The summed E-state index contributed by atoms with van der Waals surface area (Å²) >= 11 is 6.13. The Morgan fingerprint density at radius 2 is 2.05 bits per heavy atom. The van der Waals surface area contributed by atoms with Crippen LogP contribution in [0.1, 0.15) is 21.7 Å². The molecule has 0 spiro atoms. The van der Waals surface area contributed by atoms with Gasteiger partial charge in [0.05, 0.1) is 7.11 Å². The highest BCUT2D eigenvalue weighted by Crippen LogP contribution is 2.37. The first kappa shape index (κ1) is 13.4. The Labute approximate surface area is 114 Å². The van der Waals surface area contributed by atoms with Crippen LogP contribution < -0.4 is 4.74 Å². The molecule has 0 fully saturated rings. The zero-order valence-electron chi connectivity index (χ0n) is 10.7. The van der Waals surface area contributed by atoms with Gasteiger partial charge in [-0.25, -0.2) is 4.79 Å². The van der Waals surface area contributed by atoms with Crippen LogP contribution in [0.15, 0.2) is 16.7 Å². The van der Waals surface area contributed by atoms with Crippen molar-refractivity contribution >= 4 is 17.6 Å². The van der Waals surface area contributed by atoms with Crippen molar-refractivity contribution in [2.75, 3.05) is 7.11 Å². The van der Waals surface area contributed by atoms with E-state index in [4.69, 9.17) is 26.0 Å². The summed E-state index contributed by atoms with van der Waals surface area (Å²) in [6.07, 6.45) is 0. The van der Waals surface area contributed by atoms with Gasteiger partial charge in [-0.2, -0.15) is 0 Å². The number of rotatable bonds is 3. The van der Waals surface area contributed by atoms with Gasteiger partial charge in [-0.05, 0) is 19.9 Å². The Hall–Kier alpha value is -2.01. The monoisotopic (exact) mass is 281 g/mol. The molecule has 0 aliphatic rings. The summed E-state index contributed by atoms with van der Waals surface area (Å²) in [4.78, 5) is 10.8. The van der Waals surface area contributed by atoms with E-state index in [2.05, 4.69) is 5.16 Å². The molecular formula is C13H12ClNO4. The molecule has 0 amide bonds. The predicted octanol–water partition coefficient (Wildman–Crippen LogP) is 3.32. The van der Waals surface area contributed by atoms with E-state index in [-0.39, 0.29) is 5.76 Å². The van der Waals surface area contributed by atoms with Crippen LogP contribution >= 0.6 is 11.6 Å². The summed E-state index contributed by atoms with van der Waals surface area (Å²) in [5.41, 5.74) is 2.75. The highest BCUT2D eigenvalue weighted by atomic mass is 35.5. The minimum absolute atomic E-state index is 0.218. The van der Waals surface area contributed by atoms with E-state index in [0.717, 1.165) is 11.1 Å². The Morgan fingerprint density at radius 3 is 2.58 bits per heavy atom. The maximum absolute atomic E-state index is 10.8. The maximum Gasteiger partial charge on any atom is 0.374 e. The molecule has 1 aromatic heterocycles. The van der Waals surface area contributed by atoms with E-state index >= 15 is 0 Å². The number of carboxylic acids is 1. The van der Waals surface area contributed by atoms with Crippen LogP contribution in [0.4, 0.5) is 0 Å². The summed E-state index contributed by atoms with van der Waals surface area (Å²) in [5.74, 6) is -0.728. The first-order chi connectivity index (χ1) is 8.95. The fraction of sp³-hybridized carbons (Fsp3) is 0.231. The van der Waals surface area contributed by atoms with Gasteiger partial charge < -0.3 is 14.4 Å². The Balaban J connectivity index is 2.61. The number of aromatic nitrogens is 1. The Bertz CT molecular complexity index is 648. The number of aromatic carboxylic acids is 1. The first-order valence-corrected chi connectivity index (χ1v) is 5.87. The SMILES string of the molecule is COc1c(C)c(Cl)cc(-c2cc(C(=O)O)on2)c1C. The lowest BCUT2D eigenvalue weighted by Gasteiger charge is -2.13. The highest BCUT2D eigenvalue weighted by molar-refractivity contribution is 6.32. The number of carboxylic acid groups (broad SMARTS) is 1. The topological polar surface area (TPSA) is 72.6 Å². The molecule has 0 unspecified atom stereocenters. The molecule has 0 atom stereocenters. The number of hydrogen-bond donors (Lipinski definition) is 1. The number of halogens is 1. The lowest BCUT2D eigenvalue weighted by Crippen LogP contribution is -1.95. The van der Waals surface area contributed by atoms with Crippen LogP contribution in [-0.2, 0) is 0 Å². The second-order valence-electron chi connectivity index (χ2n) is 4.07. The second kappa shape index (κ2) is 4.93. The second-order valence-corrected chi connectivity index (χ2v) is 4.48. The number of carbonyl (C=O) groups is 1. The third kappa shape index (κ3) is 2.29. The minimum Gasteiger partial charge on any atom is -0.496 e. The molecule has 0 radical (unpaired) electrons. The van der Waals surface area contributed by atoms with Crippen LogP contribution in [0.25, 0.3) is 11.3 Å². The van der Waals surface area contributed by atoms with Crippen molar-refractivity contribution < 1.29 is 19.2 Å². The molecule has 19 heavy (non-hydrogen) atoms. The van der Waals surface area contributed by atoms with Gasteiger partial charge in [0.25, 0.3) is 0 Å². The van der Waals surface area contributed by atoms with Crippen LogP contribution in [0, 0.1) is 13.8 Å². The van der Waals surface area contributed by atoms with Crippen LogP contribution in [0.2, 0.25) is 5.02 Å². The first-order valence-electron chi connectivity index (χ1n) is 5.49. The molecule has 1 heterocycles. The molecule has 0 bridgehead atoms. The predicted molar refractivity (Wildman–Crippen MR) is 69.9 cm³/mol. The minimum atomic E-state index is -1.17. The van der Waals surface area contributed by atoms with Crippen molar-refractivity contribution in [3.8, 4) is 17.0 Å². The van der Waals surface area contributed by atoms with E-state index in [9.17, 15) is 4.79 Å². The molecule has 2 rings (SSSR count). The van der Waals surface area contributed by atoms with Gasteiger partial charge in [-0.3, -0.25) is 0 Å². The van der Waals surface area contributed by atoms with Gasteiger partial charge in [0.1, 0.15) is 11.4 Å². The molecule has 0 aliphatic carbocycles. The van der Waals surface area contributed by atoms with E-state index in [1.165, 1.54) is 6.07 Å². The normalized spacial score (nSPS) is 10.5. The largest absolute Gasteiger partial charge is 0.496 e. The quantitative estimate of drug-likeness (QED) is 0.934. The summed E-state index contributed by atoms with van der Waals surface area (Å²) < 4.78 is 10.1. The molecule has 0 saturated heterocycles. The number of methoxy groups -OCH3 is 1. The molecule has 1 N–H and O–H groups in total. The van der Waals surface area contributed by atoms with Crippen molar-refractivity contribution in [3.63, 3.8) is 0 Å². The summed E-state index contributed by atoms with van der Waals surface area (Å²) in [6, 6.07) is 3.08. The smallest absolute Gasteiger partial charge is 0.374 e. The molecule has 0 aliphatic heterocycles. The van der Waals surface area contributed by atoms with Gasteiger partial charge >= 0.3 is 5.97 Å². The molecule has 100 valence electrons. The van der Waals surface area contributed by atoms with E-state index < -0.39 is 5.97 Å². The third-order valence-electron chi connectivity index (χ3n) is 2.92. The van der Waals surface area contributed by atoms with Crippen LogP contribution in [0.3, 0.4) is 0 Å². The van der Waals surface area contributed by atoms with Gasteiger partial charge in [-0.15, -0.1) is 0 Å². The molecule has 1 aromatic carbocycles. The Kier molecular flexibility index (Phi) is 3.48. The van der Waals surface area contributed by atoms with Crippen molar-refractivity contribution in [1.82, 2.24) is 5.16 Å². The number of benzene rings is 1. The molecule has 2 aromatic rings. The average molecular weight is 282 g/mol. The van der Waals surface area contributed by atoms with Gasteiger partial charge in [0, 0.05) is 27.8 Å². The van der Waals surface area contributed by atoms with E-state index in [0.29, 0.717) is 22.0 Å². The zero-order valence-corrected chi connectivity index (χ0v) is 11.4. The third-order valence-corrected chi connectivity index (χ3v) is 3.31. The maximum atomic E-state index is 10.8. The lowest BCUT2D eigenvalue weighted by molar-refractivity contribution is 0.0652. The molecule has 0 saturated carbocycles. The summed E-state index contributed by atoms with van der Waals surface area (Å²) in [7, 11) is 1.56. The van der Waals surface area contributed by atoms with Crippen molar-refractivity contribution in [3.05, 3.63) is 34.0 Å². The molecular weight excluding hydrogens is 270 g/mol. The number of nitrogens with zero attached hydrogens (tertiary/aromatic N) is 1. The molecule has 6 heteroatoms. The number of hydrogen-bond acceptors (Lipinski definition) is 4. The van der Waals surface area contributed by atoms with Gasteiger partial charge in [0.2, 0.25) is 5.76 Å².